The first kappa shape index (κ1) is 17.1. The number of piperidine rings is 1. The number of likely N-dealkylation sites (tertiary alicyclic amines) is 1. The fraction of sp³-hybridized carbons (Fsp3) is 0.471. The van der Waals surface area contributed by atoms with E-state index < -0.39 is 6.10 Å². The molecule has 24 heavy (non-hydrogen) atoms. The normalized spacial score (nSPS) is 21.9. The van der Waals surface area contributed by atoms with Crippen LogP contribution in [0.5, 0.6) is 11.5 Å². The lowest BCUT2D eigenvalue weighted by molar-refractivity contribution is 0.0630. The fourth-order valence-corrected chi connectivity index (χ4v) is 3.60. The highest BCUT2D eigenvalue weighted by Crippen LogP contribution is 2.42. The summed E-state index contributed by atoms with van der Waals surface area (Å²) >= 11 is 4.19. The van der Waals surface area contributed by atoms with Gasteiger partial charge in [-0.25, -0.2) is 0 Å². The Bertz CT molecular complexity index is 819. The van der Waals surface area contributed by atoms with Crippen molar-refractivity contribution >= 4 is 23.6 Å². The van der Waals surface area contributed by atoms with Crippen LogP contribution in [0.25, 0.3) is 11.0 Å². The maximum absolute atomic E-state index is 12.4. The van der Waals surface area contributed by atoms with E-state index in [1.807, 2.05) is 7.05 Å². The molecule has 1 saturated heterocycles. The van der Waals surface area contributed by atoms with Gasteiger partial charge in [0.2, 0.25) is 0 Å². The van der Waals surface area contributed by atoms with Crippen molar-refractivity contribution in [1.82, 2.24) is 4.90 Å². The van der Waals surface area contributed by atoms with E-state index in [0.29, 0.717) is 34.6 Å². The number of methoxy groups -OCH3 is 2. The summed E-state index contributed by atoms with van der Waals surface area (Å²) in [6.07, 6.45) is 0.152. The molecule has 7 heteroatoms. The number of ether oxygens (including phenoxy) is 2. The van der Waals surface area contributed by atoms with Crippen LogP contribution in [0.4, 0.5) is 0 Å². The highest BCUT2D eigenvalue weighted by molar-refractivity contribution is 7.80. The minimum atomic E-state index is -0.580. The molecule has 6 nitrogen and oxygen atoms in total. The van der Waals surface area contributed by atoms with Crippen molar-refractivity contribution in [1.29, 1.82) is 0 Å². The Balaban J connectivity index is 2.31. The monoisotopic (exact) mass is 351 g/mol. The highest BCUT2D eigenvalue weighted by Gasteiger charge is 2.33. The maximum Gasteiger partial charge on any atom is 0.197 e. The lowest BCUT2D eigenvalue weighted by Gasteiger charge is -2.34. The Kier molecular flexibility index (Phi) is 4.76. The minimum absolute atomic E-state index is 0.192. The summed E-state index contributed by atoms with van der Waals surface area (Å²) in [7, 11) is 5.01. The van der Waals surface area contributed by atoms with Gasteiger partial charge in [0, 0.05) is 30.2 Å². The third-order valence-electron chi connectivity index (χ3n) is 4.55. The summed E-state index contributed by atoms with van der Waals surface area (Å²) in [5.74, 6) is 0.730. The molecule has 1 aliphatic heterocycles. The Morgan fingerprint density at radius 2 is 2.00 bits per heavy atom. The molecule has 0 spiro atoms. The van der Waals surface area contributed by atoms with Crippen LogP contribution in [-0.2, 0) is 0 Å². The number of nitrogens with zero attached hydrogens (tertiary/aromatic N) is 1. The zero-order valence-corrected chi connectivity index (χ0v) is 14.8. The van der Waals surface area contributed by atoms with Gasteiger partial charge in [-0.2, -0.15) is 0 Å². The van der Waals surface area contributed by atoms with E-state index in [1.54, 1.807) is 13.2 Å². The molecule has 0 unspecified atom stereocenters. The summed E-state index contributed by atoms with van der Waals surface area (Å²) < 4.78 is 16.6. The number of hydrogen-bond acceptors (Lipinski definition) is 7. The largest absolute Gasteiger partial charge is 0.496 e. The number of hydrogen-bond donors (Lipinski definition) is 2. The first-order chi connectivity index (χ1) is 11.5. The summed E-state index contributed by atoms with van der Waals surface area (Å²) in [4.78, 5) is 14.5. The molecule has 0 radical (unpaired) electrons. The van der Waals surface area contributed by atoms with Crippen molar-refractivity contribution in [3.05, 3.63) is 27.9 Å². The SMILES string of the molecule is COc1cc(OC)c2c(=O)cc(S)oc2c1[C@H]1CCN(C)C[C@H]1O. The number of rotatable bonds is 3. The number of aliphatic hydroxyl groups excluding tert-OH is 1. The molecule has 0 bridgehead atoms. The van der Waals surface area contributed by atoms with Gasteiger partial charge in [0.05, 0.1) is 20.3 Å². The minimum Gasteiger partial charge on any atom is -0.496 e. The summed E-state index contributed by atoms with van der Waals surface area (Å²) in [6.45, 7) is 1.38. The van der Waals surface area contributed by atoms with Crippen LogP contribution >= 0.6 is 12.6 Å². The molecule has 2 atom stereocenters. The number of β-amino-alcohol motifs (C(OH)–C–C–N with tert-alkyl or cyclic N) is 1. The molecule has 3 rings (SSSR count). The zero-order chi connectivity index (χ0) is 17.4. The van der Waals surface area contributed by atoms with Gasteiger partial charge in [-0.05, 0) is 20.0 Å². The third-order valence-corrected chi connectivity index (χ3v) is 4.77. The van der Waals surface area contributed by atoms with Crippen molar-refractivity contribution < 1.29 is 19.0 Å². The highest BCUT2D eigenvalue weighted by atomic mass is 32.1. The van der Waals surface area contributed by atoms with E-state index in [-0.39, 0.29) is 16.4 Å². The van der Waals surface area contributed by atoms with Gasteiger partial charge in [-0.3, -0.25) is 4.79 Å². The van der Waals surface area contributed by atoms with Gasteiger partial charge in [0.1, 0.15) is 22.5 Å². The number of thiol groups is 1. The third kappa shape index (κ3) is 2.87. The van der Waals surface area contributed by atoms with E-state index in [9.17, 15) is 9.90 Å². The lowest BCUT2D eigenvalue weighted by atomic mass is 9.85. The summed E-state index contributed by atoms with van der Waals surface area (Å²) in [5.41, 5.74) is 0.837. The Hall–Kier alpha value is -1.70. The van der Waals surface area contributed by atoms with Gasteiger partial charge >= 0.3 is 0 Å². The van der Waals surface area contributed by atoms with Crippen LogP contribution in [0.1, 0.15) is 17.9 Å². The maximum atomic E-state index is 12.4. The van der Waals surface area contributed by atoms with Crippen molar-refractivity contribution in [2.45, 2.75) is 23.5 Å². The number of likely N-dealkylation sites (N-methyl/N-ethyl adjacent to an activating group) is 1. The van der Waals surface area contributed by atoms with E-state index >= 15 is 0 Å². The average Bonchev–Trinajstić information content (AvgIpc) is 2.53. The molecule has 0 amide bonds. The zero-order valence-electron chi connectivity index (χ0n) is 13.9. The Morgan fingerprint density at radius 3 is 2.62 bits per heavy atom. The molecule has 130 valence electrons. The molecule has 0 aliphatic carbocycles. The predicted molar refractivity (Wildman–Crippen MR) is 93.7 cm³/mol. The van der Waals surface area contributed by atoms with Crippen molar-refractivity contribution in [3.8, 4) is 11.5 Å². The van der Waals surface area contributed by atoms with Crippen LogP contribution in [0.3, 0.4) is 0 Å². The lowest BCUT2D eigenvalue weighted by Crippen LogP contribution is -2.40. The smallest absolute Gasteiger partial charge is 0.197 e. The average molecular weight is 351 g/mol. The van der Waals surface area contributed by atoms with Crippen LogP contribution in [-0.4, -0.2) is 50.5 Å². The second-order valence-electron chi connectivity index (χ2n) is 6.07. The van der Waals surface area contributed by atoms with Crippen LogP contribution in [0, 0.1) is 0 Å². The number of aliphatic hydroxyl groups is 1. The molecular formula is C17H21NO5S. The van der Waals surface area contributed by atoms with Gasteiger partial charge in [0.25, 0.3) is 0 Å². The van der Waals surface area contributed by atoms with E-state index in [4.69, 9.17) is 13.9 Å². The molecule has 1 fully saturated rings. The van der Waals surface area contributed by atoms with Gasteiger partial charge < -0.3 is 23.9 Å². The van der Waals surface area contributed by atoms with Gasteiger partial charge in [-0.1, -0.05) is 0 Å². The molecular weight excluding hydrogens is 330 g/mol. The topological polar surface area (TPSA) is 72.1 Å². The van der Waals surface area contributed by atoms with Gasteiger partial charge in [0.15, 0.2) is 10.5 Å². The summed E-state index contributed by atoms with van der Waals surface area (Å²) in [5, 5.41) is 11.1. The number of benzene rings is 1. The predicted octanol–water partition coefficient (Wildman–Crippen LogP) is 1.88. The molecule has 2 aromatic rings. The van der Waals surface area contributed by atoms with Crippen LogP contribution < -0.4 is 14.9 Å². The molecule has 1 aromatic carbocycles. The van der Waals surface area contributed by atoms with E-state index in [1.165, 1.54) is 13.2 Å². The quantitative estimate of drug-likeness (QED) is 0.823. The first-order valence-electron chi connectivity index (χ1n) is 7.74. The van der Waals surface area contributed by atoms with Crippen LogP contribution in [0.2, 0.25) is 0 Å². The number of fused-ring (bicyclic) bond motifs is 1. The standard InChI is InChI=1S/C17H21NO5S/c1-18-5-4-9(11(20)8-18)15-12(21-2)7-13(22-3)16-10(19)6-14(24)23-17(15)16/h6-7,9,11,20,24H,4-5,8H2,1-3H3/t9-,11+/m0/s1. The van der Waals surface area contributed by atoms with E-state index in [2.05, 4.69) is 17.5 Å². The molecule has 1 aromatic heterocycles. The first-order valence-corrected chi connectivity index (χ1v) is 8.19. The second-order valence-corrected chi connectivity index (χ2v) is 6.51. The molecule has 1 N–H and O–H groups in total. The molecule has 1 aliphatic rings. The van der Waals surface area contributed by atoms with Crippen LogP contribution in [0.15, 0.2) is 26.4 Å². The molecule has 2 heterocycles. The Morgan fingerprint density at radius 1 is 1.29 bits per heavy atom. The second kappa shape index (κ2) is 6.66. The van der Waals surface area contributed by atoms with Crippen molar-refractivity contribution in [2.24, 2.45) is 0 Å². The van der Waals surface area contributed by atoms with Gasteiger partial charge in [-0.15, -0.1) is 12.6 Å². The fourth-order valence-electron chi connectivity index (χ4n) is 3.39. The van der Waals surface area contributed by atoms with Crippen molar-refractivity contribution in [2.75, 3.05) is 34.4 Å². The Labute approximate surface area is 145 Å². The summed E-state index contributed by atoms with van der Waals surface area (Å²) in [6, 6.07) is 2.99. The van der Waals surface area contributed by atoms with Crippen molar-refractivity contribution in [3.63, 3.8) is 0 Å². The molecule has 0 saturated carbocycles. The van der Waals surface area contributed by atoms with E-state index in [0.717, 1.165) is 13.0 Å².